The standard InChI is InChI=1S/C21H27NO6/c1-20(2,3)28-18(24)21(4)11-16(12-22(14-21)19(25)26)10-17(23)27-13-15-8-6-5-7-9-15/h5-10H,11-14H2,1-4H3,(H,25,26)/b16-10-. The molecule has 1 unspecified atom stereocenters. The molecule has 1 heterocycles. The molecule has 0 bridgehead atoms. The SMILES string of the molecule is CC(C)(C)OC(=O)C1(C)C/C(=C/C(=O)OCc2ccccc2)CN(C(=O)O)C1. The predicted octanol–water partition coefficient (Wildman–Crippen LogP) is 3.39. The molecule has 152 valence electrons. The molecule has 1 saturated heterocycles. The molecule has 1 atom stereocenters. The summed E-state index contributed by atoms with van der Waals surface area (Å²) in [7, 11) is 0. The molecule has 1 aliphatic rings. The van der Waals surface area contributed by atoms with Crippen LogP contribution in [0, 0.1) is 5.41 Å². The highest BCUT2D eigenvalue weighted by Crippen LogP contribution is 2.35. The Bertz CT molecular complexity index is 765. The molecule has 1 aromatic carbocycles. The molecule has 0 aliphatic carbocycles. The zero-order valence-electron chi connectivity index (χ0n) is 16.7. The topological polar surface area (TPSA) is 93.1 Å². The van der Waals surface area contributed by atoms with Crippen LogP contribution < -0.4 is 0 Å². The van der Waals surface area contributed by atoms with Gasteiger partial charge in [-0.1, -0.05) is 30.3 Å². The van der Waals surface area contributed by atoms with E-state index in [2.05, 4.69) is 0 Å². The summed E-state index contributed by atoms with van der Waals surface area (Å²) in [5.41, 5.74) is -0.400. The van der Waals surface area contributed by atoms with Crippen LogP contribution in [0.2, 0.25) is 0 Å². The fraction of sp³-hybridized carbons (Fsp3) is 0.476. The Balaban J connectivity index is 2.13. The van der Waals surface area contributed by atoms with Gasteiger partial charge in [0.25, 0.3) is 0 Å². The van der Waals surface area contributed by atoms with Gasteiger partial charge in [-0.05, 0) is 45.3 Å². The summed E-state index contributed by atoms with van der Waals surface area (Å²) in [6, 6.07) is 9.24. The molecular weight excluding hydrogens is 362 g/mol. The van der Waals surface area contributed by atoms with E-state index in [0.29, 0.717) is 5.57 Å². The first-order valence-corrected chi connectivity index (χ1v) is 9.10. The van der Waals surface area contributed by atoms with Crippen molar-refractivity contribution in [2.75, 3.05) is 13.1 Å². The number of rotatable bonds is 4. The Labute approximate surface area is 164 Å². The van der Waals surface area contributed by atoms with Crippen LogP contribution in [0.1, 0.15) is 39.7 Å². The van der Waals surface area contributed by atoms with Crippen LogP contribution in [0.25, 0.3) is 0 Å². The summed E-state index contributed by atoms with van der Waals surface area (Å²) in [6.45, 7) is 7.09. The Morgan fingerprint density at radius 2 is 1.86 bits per heavy atom. The monoisotopic (exact) mass is 389 g/mol. The second kappa shape index (κ2) is 8.46. The van der Waals surface area contributed by atoms with Gasteiger partial charge in [-0.15, -0.1) is 0 Å². The summed E-state index contributed by atoms with van der Waals surface area (Å²) in [4.78, 5) is 37.5. The van der Waals surface area contributed by atoms with E-state index in [9.17, 15) is 19.5 Å². The third kappa shape index (κ3) is 6.11. The number of hydrogen-bond donors (Lipinski definition) is 1. The van der Waals surface area contributed by atoms with Crippen molar-refractivity contribution in [1.29, 1.82) is 0 Å². The lowest BCUT2D eigenvalue weighted by Crippen LogP contribution is -2.50. The van der Waals surface area contributed by atoms with Crippen molar-refractivity contribution in [2.45, 2.75) is 46.3 Å². The number of carboxylic acid groups (broad SMARTS) is 1. The van der Waals surface area contributed by atoms with Crippen molar-refractivity contribution < 1.29 is 29.0 Å². The van der Waals surface area contributed by atoms with Gasteiger partial charge in [0.1, 0.15) is 12.2 Å². The van der Waals surface area contributed by atoms with Gasteiger partial charge in [0, 0.05) is 19.2 Å². The van der Waals surface area contributed by atoms with Gasteiger partial charge in [0.2, 0.25) is 0 Å². The second-order valence-corrected chi connectivity index (χ2v) is 8.27. The first-order chi connectivity index (χ1) is 13.0. The molecule has 0 radical (unpaired) electrons. The molecule has 7 nitrogen and oxygen atoms in total. The van der Waals surface area contributed by atoms with Crippen LogP contribution in [0.3, 0.4) is 0 Å². The first-order valence-electron chi connectivity index (χ1n) is 9.10. The van der Waals surface area contributed by atoms with Crippen molar-refractivity contribution in [3.8, 4) is 0 Å². The lowest BCUT2D eigenvalue weighted by Gasteiger charge is -2.39. The smallest absolute Gasteiger partial charge is 0.407 e. The summed E-state index contributed by atoms with van der Waals surface area (Å²) >= 11 is 0. The molecule has 1 aliphatic heterocycles. The first kappa shape index (κ1) is 21.5. The molecule has 0 saturated carbocycles. The summed E-state index contributed by atoms with van der Waals surface area (Å²) in [5.74, 6) is -1.06. The average molecular weight is 389 g/mol. The summed E-state index contributed by atoms with van der Waals surface area (Å²) < 4.78 is 10.7. The summed E-state index contributed by atoms with van der Waals surface area (Å²) in [5, 5.41) is 9.42. The van der Waals surface area contributed by atoms with E-state index in [-0.39, 0.29) is 26.1 Å². The van der Waals surface area contributed by atoms with Gasteiger partial charge < -0.3 is 19.5 Å². The molecule has 1 amide bonds. The molecule has 1 N–H and O–H groups in total. The number of hydrogen-bond acceptors (Lipinski definition) is 5. The van der Waals surface area contributed by atoms with Gasteiger partial charge in [-0.25, -0.2) is 9.59 Å². The van der Waals surface area contributed by atoms with Gasteiger partial charge in [-0.2, -0.15) is 0 Å². The predicted molar refractivity (Wildman–Crippen MR) is 102 cm³/mol. The quantitative estimate of drug-likeness (QED) is 0.627. The zero-order chi connectivity index (χ0) is 20.9. The molecule has 0 spiro atoms. The second-order valence-electron chi connectivity index (χ2n) is 8.27. The fourth-order valence-electron chi connectivity index (χ4n) is 3.04. The lowest BCUT2D eigenvalue weighted by molar-refractivity contribution is -0.168. The highest BCUT2D eigenvalue weighted by molar-refractivity contribution is 5.84. The molecule has 2 rings (SSSR count). The Kier molecular flexibility index (Phi) is 6.48. The van der Waals surface area contributed by atoms with Crippen molar-refractivity contribution in [1.82, 2.24) is 4.90 Å². The van der Waals surface area contributed by atoms with Gasteiger partial charge in [0.05, 0.1) is 5.41 Å². The molecule has 0 aromatic heterocycles. The number of carbonyl (C=O) groups is 3. The minimum Gasteiger partial charge on any atom is -0.465 e. The van der Waals surface area contributed by atoms with Crippen LogP contribution in [-0.4, -0.2) is 46.7 Å². The third-order valence-electron chi connectivity index (χ3n) is 4.26. The van der Waals surface area contributed by atoms with Crippen molar-refractivity contribution >= 4 is 18.0 Å². The Hall–Kier alpha value is -2.83. The van der Waals surface area contributed by atoms with Crippen LogP contribution >= 0.6 is 0 Å². The van der Waals surface area contributed by atoms with Crippen LogP contribution in [0.4, 0.5) is 4.79 Å². The number of piperidine rings is 1. The molecule has 7 heteroatoms. The number of amides is 1. The molecular formula is C21H27NO6. The van der Waals surface area contributed by atoms with E-state index in [1.54, 1.807) is 27.7 Å². The highest BCUT2D eigenvalue weighted by atomic mass is 16.6. The van der Waals surface area contributed by atoms with Crippen molar-refractivity contribution in [2.24, 2.45) is 5.41 Å². The van der Waals surface area contributed by atoms with Crippen LogP contribution in [0.5, 0.6) is 0 Å². The summed E-state index contributed by atoms with van der Waals surface area (Å²) in [6.07, 6.45) is 0.352. The highest BCUT2D eigenvalue weighted by Gasteiger charge is 2.44. The van der Waals surface area contributed by atoms with Crippen molar-refractivity contribution in [3.63, 3.8) is 0 Å². The number of likely N-dealkylation sites (tertiary alicyclic amines) is 1. The van der Waals surface area contributed by atoms with Crippen molar-refractivity contribution in [3.05, 3.63) is 47.5 Å². The minimum atomic E-state index is -1.15. The molecule has 1 fully saturated rings. The number of esters is 2. The van der Waals surface area contributed by atoms with E-state index >= 15 is 0 Å². The number of nitrogens with zero attached hydrogens (tertiary/aromatic N) is 1. The maximum Gasteiger partial charge on any atom is 0.407 e. The third-order valence-corrected chi connectivity index (χ3v) is 4.26. The number of benzene rings is 1. The number of ether oxygens (including phenoxy) is 2. The van der Waals surface area contributed by atoms with Gasteiger partial charge in [-0.3, -0.25) is 4.79 Å². The van der Waals surface area contributed by atoms with Gasteiger partial charge >= 0.3 is 18.0 Å². The lowest BCUT2D eigenvalue weighted by atomic mass is 9.79. The Morgan fingerprint density at radius 1 is 1.21 bits per heavy atom. The minimum absolute atomic E-state index is 0.00759. The normalized spacial score (nSPS) is 21.3. The van der Waals surface area contributed by atoms with E-state index in [1.165, 1.54) is 6.08 Å². The molecule has 28 heavy (non-hydrogen) atoms. The van der Waals surface area contributed by atoms with Crippen LogP contribution in [0.15, 0.2) is 42.0 Å². The molecule has 1 aromatic rings. The van der Waals surface area contributed by atoms with Gasteiger partial charge in [0.15, 0.2) is 0 Å². The zero-order valence-corrected chi connectivity index (χ0v) is 16.7. The van der Waals surface area contributed by atoms with E-state index in [4.69, 9.17) is 9.47 Å². The number of carbonyl (C=O) groups excluding carboxylic acids is 2. The largest absolute Gasteiger partial charge is 0.465 e. The Morgan fingerprint density at radius 3 is 2.43 bits per heavy atom. The van der Waals surface area contributed by atoms with E-state index in [1.807, 2.05) is 30.3 Å². The maximum atomic E-state index is 12.7. The van der Waals surface area contributed by atoms with Crippen LogP contribution in [-0.2, 0) is 25.7 Å². The van der Waals surface area contributed by atoms with E-state index < -0.39 is 29.0 Å². The maximum absolute atomic E-state index is 12.7. The average Bonchev–Trinajstić information content (AvgIpc) is 2.59. The fourth-order valence-corrected chi connectivity index (χ4v) is 3.04. The van der Waals surface area contributed by atoms with E-state index in [0.717, 1.165) is 10.5 Å².